The molecule has 3 fully saturated rings. The highest BCUT2D eigenvalue weighted by Crippen LogP contribution is 2.46. The summed E-state index contributed by atoms with van der Waals surface area (Å²) in [7, 11) is 2.22. The summed E-state index contributed by atoms with van der Waals surface area (Å²) in [6.45, 7) is 11.9. The average molecular weight is 470 g/mol. The molecular weight excluding hydrogens is 422 g/mol. The molecule has 0 atom stereocenters. The third-order valence-corrected chi connectivity index (χ3v) is 9.03. The van der Waals surface area contributed by atoms with Gasteiger partial charge in [0.05, 0.1) is 12.2 Å². The highest BCUT2D eigenvalue weighted by molar-refractivity contribution is 5.71. The predicted molar refractivity (Wildman–Crippen MR) is 142 cm³/mol. The standard InChI is InChI=1S/C29H47N3O2/c1-3-4-5-23-6-8-25(9-7-23)26-20-28-29(34-19-16-30(28)2)21-27(26)32-14-12-31(13-15-32)22-24-10-17-33-18-11-24/h20-21,23-25H,3-19,22H2,1-2H3. The van der Waals surface area contributed by atoms with Gasteiger partial charge in [0.15, 0.2) is 0 Å². The van der Waals surface area contributed by atoms with Crippen molar-refractivity contribution < 1.29 is 9.47 Å². The molecule has 1 aliphatic carbocycles. The second kappa shape index (κ2) is 11.5. The molecule has 5 rings (SSSR count). The summed E-state index contributed by atoms with van der Waals surface area (Å²) in [5, 5.41) is 0. The van der Waals surface area contributed by atoms with Crippen LogP contribution in [0.25, 0.3) is 0 Å². The fourth-order valence-electron chi connectivity index (χ4n) is 6.72. The molecule has 2 saturated heterocycles. The Hall–Kier alpha value is -1.46. The van der Waals surface area contributed by atoms with Crippen molar-refractivity contribution >= 4 is 11.4 Å². The summed E-state index contributed by atoms with van der Waals surface area (Å²) in [4.78, 5) is 7.77. The number of nitrogens with zero attached hydrogens (tertiary/aromatic N) is 3. The Balaban J connectivity index is 1.29. The minimum absolute atomic E-state index is 0.703. The molecule has 0 unspecified atom stereocenters. The van der Waals surface area contributed by atoms with Crippen molar-refractivity contribution in [3.63, 3.8) is 0 Å². The van der Waals surface area contributed by atoms with Crippen molar-refractivity contribution in [2.45, 2.75) is 70.6 Å². The Morgan fingerprint density at radius 1 is 0.824 bits per heavy atom. The summed E-state index contributed by atoms with van der Waals surface area (Å²) >= 11 is 0. The maximum atomic E-state index is 6.16. The first kappa shape index (κ1) is 24.2. The van der Waals surface area contributed by atoms with Gasteiger partial charge >= 0.3 is 0 Å². The third-order valence-electron chi connectivity index (χ3n) is 9.03. The minimum atomic E-state index is 0.703. The Kier molecular flexibility index (Phi) is 8.21. The quantitative estimate of drug-likeness (QED) is 0.524. The summed E-state index contributed by atoms with van der Waals surface area (Å²) in [6.07, 6.45) is 12.2. The van der Waals surface area contributed by atoms with Crippen molar-refractivity contribution in [3.05, 3.63) is 17.7 Å². The molecule has 0 radical (unpaired) electrons. The summed E-state index contributed by atoms with van der Waals surface area (Å²) in [6, 6.07) is 4.91. The second-order valence-corrected chi connectivity index (χ2v) is 11.4. The van der Waals surface area contributed by atoms with E-state index >= 15 is 0 Å². The van der Waals surface area contributed by atoms with E-state index in [1.54, 1.807) is 5.56 Å². The fraction of sp³-hybridized carbons (Fsp3) is 0.793. The van der Waals surface area contributed by atoms with Gasteiger partial charge in [0.1, 0.15) is 12.4 Å². The summed E-state index contributed by atoms with van der Waals surface area (Å²) in [5.74, 6) is 3.57. The van der Waals surface area contributed by atoms with Crippen LogP contribution in [0, 0.1) is 11.8 Å². The van der Waals surface area contributed by atoms with Gasteiger partial charge in [-0.1, -0.05) is 26.2 Å². The molecule has 34 heavy (non-hydrogen) atoms. The van der Waals surface area contributed by atoms with Crippen molar-refractivity contribution in [1.29, 1.82) is 0 Å². The maximum Gasteiger partial charge on any atom is 0.144 e. The summed E-state index contributed by atoms with van der Waals surface area (Å²) in [5.41, 5.74) is 4.37. The van der Waals surface area contributed by atoms with Gasteiger partial charge in [-0.15, -0.1) is 0 Å². The van der Waals surface area contributed by atoms with Gasteiger partial charge in [-0.05, 0) is 67.9 Å². The van der Waals surface area contributed by atoms with E-state index in [4.69, 9.17) is 9.47 Å². The SMILES string of the molecule is CCCCC1CCC(c2cc3c(cc2N2CCN(CC4CCOCC4)CC2)OCCN3C)CC1. The molecule has 3 heterocycles. The van der Waals surface area contributed by atoms with E-state index in [0.29, 0.717) is 5.92 Å². The molecular formula is C29H47N3O2. The number of likely N-dealkylation sites (N-methyl/N-ethyl adjacent to an activating group) is 1. The Morgan fingerprint density at radius 3 is 2.32 bits per heavy atom. The van der Waals surface area contributed by atoms with Crippen molar-refractivity contribution in [2.24, 2.45) is 11.8 Å². The molecule has 190 valence electrons. The molecule has 4 aliphatic rings. The Bertz CT molecular complexity index is 778. The number of piperazine rings is 1. The zero-order valence-corrected chi connectivity index (χ0v) is 21.8. The number of anilines is 2. The van der Waals surface area contributed by atoms with Gasteiger partial charge in [0.25, 0.3) is 0 Å². The number of hydrogen-bond donors (Lipinski definition) is 0. The third kappa shape index (κ3) is 5.67. The number of benzene rings is 1. The van der Waals surface area contributed by atoms with Gasteiger partial charge < -0.3 is 19.3 Å². The van der Waals surface area contributed by atoms with Crippen LogP contribution in [0.1, 0.15) is 76.2 Å². The molecule has 0 N–H and O–H groups in total. The molecule has 3 aliphatic heterocycles. The number of fused-ring (bicyclic) bond motifs is 1. The van der Waals surface area contributed by atoms with Gasteiger partial charge in [0, 0.05) is 64.7 Å². The molecule has 0 aromatic heterocycles. The van der Waals surface area contributed by atoms with E-state index in [1.807, 2.05) is 0 Å². The van der Waals surface area contributed by atoms with E-state index in [9.17, 15) is 0 Å². The molecule has 5 heteroatoms. The summed E-state index contributed by atoms with van der Waals surface area (Å²) < 4.78 is 11.7. The molecule has 5 nitrogen and oxygen atoms in total. The van der Waals surface area contributed by atoms with Gasteiger partial charge in [0.2, 0.25) is 0 Å². The number of rotatable bonds is 7. The zero-order chi connectivity index (χ0) is 23.3. The normalized spacial score (nSPS) is 26.9. The highest BCUT2D eigenvalue weighted by atomic mass is 16.5. The van der Waals surface area contributed by atoms with Crippen molar-refractivity contribution in [1.82, 2.24) is 4.90 Å². The van der Waals surface area contributed by atoms with E-state index in [1.165, 1.54) is 88.8 Å². The predicted octanol–water partition coefficient (Wildman–Crippen LogP) is 5.53. The molecule has 0 amide bonds. The van der Waals surface area contributed by atoms with Crippen LogP contribution in [0.2, 0.25) is 0 Å². The highest BCUT2D eigenvalue weighted by Gasteiger charge is 2.30. The minimum Gasteiger partial charge on any atom is -0.489 e. The van der Waals surface area contributed by atoms with Crippen LogP contribution >= 0.6 is 0 Å². The molecule has 1 saturated carbocycles. The van der Waals surface area contributed by atoms with Gasteiger partial charge in [-0.25, -0.2) is 0 Å². The largest absolute Gasteiger partial charge is 0.489 e. The lowest BCUT2D eigenvalue weighted by Crippen LogP contribution is -2.48. The van der Waals surface area contributed by atoms with Crippen molar-refractivity contribution in [3.8, 4) is 5.75 Å². The van der Waals surface area contributed by atoms with Crippen LogP contribution < -0.4 is 14.5 Å². The van der Waals surface area contributed by atoms with E-state index < -0.39 is 0 Å². The van der Waals surface area contributed by atoms with E-state index in [-0.39, 0.29) is 0 Å². The van der Waals surface area contributed by atoms with E-state index in [0.717, 1.165) is 57.0 Å². The monoisotopic (exact) mass is 469 g/mol. The smallest absolute Gasteiger partial charge is 0.144 e. The number of unbranched alkanes of at least 4 members (excludes halogenated alkanes) is 1. The first-order valence-corrected chi connectivity index (χ1v) is 14.3. The first-order chi connectivity index (χ1) is 16.7. The zero-order valence-electron chi connectivity index (χ0n) is 21.8. The lowest BCUT2D eigenvalue weighted by atomic mass is 9.76. The maximum absolute atomic E-state index is 6.16. The molecule has 1 aromatic carbocycles. The van der Waals surface area contributed by atoms with Crippen LogP contribution in [0.3, 0.4) is 0 Å². The topological polar surface area (TPSA) is 28.2 Å². The average Bonchev–Trinajstić information content (AvgIpc) is 2.88. The van der Waals surface area contributed by atoms with Crippen molar-refractivity contribution in [2.75, 3.05) is 75.9 Å². The number of ether oxygens (including phenoxy) is 2. The van der Waals surface area contributed by atoms with Crippen LogP contribution in [-0.2, 0) is 4.74 Å². The van der Waals surface area contributed by atoms with Gasteiger partial charge in [-0.3, -0.25) is 4.90 Å². The van der Waals surface area contributed by atoms with Crippen LogP contribution in [-0.4, -0.2) is 71.0 Å². The lowest BCUT2D eigenvalue weighted by Gasteiger charge is -2.41. The molecule has 0 spiro atoms. The first-order valence-electron chi connectivity index (χ1n) is 14.3. The number of hydrogen-bond acceptors (Lipinski definition) is 5. The fourth-order valence-corrected chi connectivity index (χ4v) is 6.72. The molecule has 0 bridgehead atoms. The second-order valence-electron chi connectivity index (χ2n) is 11.4. The van der Waals surface area contributed by atoms with Crippen LogP contribution in [0.5, 0.6) is 5.75 Å². The Labute approximate surface area is 207 Å². The van der Waals surface area contributed by atoms with Gasteiger partial charge in [-0.2, -0.15) is 0 Å². The lowest BCUT2D eigenvalue weighted by molar-refractivity contribution is 0.0517. The van der Waals surface area contributed by atoms with Crippen LogP contribution in [0.4, 0.5) is 11.4 Å². The molecule has 1 aromatic rings. The Morgan fingerprint density at radius 2 is 1.59 bits per heavy atom. The van der Waals surface area contributed by atoms with Crippen LogP contribution in [0.15, 0.2) is 12.1 Å². The van der Waals surface area contributed by atoms with E-state index in [2.05, 4.69) is 40.8 Å².